The van der Waals surface area contributed by atoms with Crippen molar-refractivity contribution in [2.75, 3.05) is 0 Å². The number of aliphatic carboxylic acids is 1. The highest BCUT2D eigenvalue weighted by molar-refractivity contribution is 9.08. The van der Waals surface area contributed by atoms with Gasteiger partial charge in [-0.3, -0.25) is 0 Å². The Kier molecular flexibility index (Phi) is 5.28. The fourth-order valence-electron chi connectivity index (χ4n) is 1.35. The number of carboxylic acid groups (broad SMARTS) is 1. The molecule has 0 amide bonds. The van der Waals surface area contributed by atoms with Crippen molar-refractivity contribution < 1.29 is 14.6 Å². The first-order valence-corrected chi connectivity index (χ1v) is 6.69. The molecule has 0 unspecified atom stereocenters. The third-order valence-electron chi connectivity index (χ3n) is 2.27. The van der Waals surface area contributed by atoms with Crippen molar-refractivity contribution in [3.8, 4) is 5.75 Å². The normalized spacial score (nSPS) is 12.5. The van der Waals surface area contributed by atoms with Crippen molar-refractivity contribution in [2.45, 2.75) is 25.3 Å². The smallest absolute Gasteiger partial charge is 0.345 e. The molecule has 0 saturated carbocycles. The van der Waals surface area contributed by atoms with Crippen LogP contribution in [0.2, 0.25) is 5.02 Å². The molecule has 0 aliphatic heterocycles. The lowest BCUT2D eigenvalue weighted by Crippen LogP contribution is -2.32. The quantitative estimate of drug-likeness (QED) is 0.841. The molecule has 94 valence electrons. The largest absolute Gasteiger partial charge is 0.478 e. The van der Waals surface area contributed by atoms with Crippen molar-refractivity contribution in [1.82, 2.24) is 0 Å². The number of carbonyl (C=O) groups is 1. The summed E-state index contributed by atoms with van der Waals surface area (Å²) in [5, 5.41) is 10.3. The van der Waals surface area contributed by atoms with E-state index in [1.807, 2.05) is 0 Å². The first kappa shape index (κ1) is 14.3. The molecule has 0 bridgehead atoms. The fraction of sp³-hybridized carbons (Fsp3) is 0.417. The molecule has 17 heavy (non-hydrogen) atoms. The van der Waals surface area contributed by atoms with Gasteiger partial charge in [-0.2, -0.15) is 0 Å². The topological polar surface area (TPSA) is 46.5 Å². The van der Waals surface area contributed by atoms with Crippen LogP contribution in [0.1, 0.15) is 19.4 Å². The number of carboxylic acids is 1. The Morgan fingerprint density at radius 2 is 2.18 bits per heavy atom. The van der Waals surface area contributed by atoms with E-state index in [-0.39, 0.29) is 5.92 Å². The number of ether oxygens (including phenoxy) is 1. The SMILES string of the molecule is CC(C)[C@@H](Oc1ccc(Cl)c(CBr)c1)C(=O)O. The molecule has 0 aliphatic carbocycles. The molecule has 0 saturated heterocycles. The van der Waals surface area contributed by atoms with Gasteiger partial charge in [0.2, 0.25) is 0 Å². The van der Waals surface area contributed by atoms with Crippen LogP contribution < -0.4 is 4.74 Å². The lowest BCUT2D eigenvalue weighted by molar-refractivity contribution is -0.147. The van der Waals surface area contributed by atoms with Gasteiger partial charge < -0.3 is 9.84 Å². The molecule has 1 rings (SSSR count). The summed E-state index contributed by atoms with van der Waals surface area (Å²) < 4.78 is 5.46. The molecule has 1 atom stereocenters. The van der Waals surface area contributed by atoms with Crippen molar-refractivity contribution in [2.24, 2.45) is 5.92 Å². The second-order valence-corrected chi connectivity index (χ2v) is 4.98. The second kappa shape index (κ2) is 6.26. The van der Waals surface area contributed by atoms with Gasteiger partial charge in [0.1, 0.15) is 5.75 Å². The Morgan fingerprint density at radius 3 is 2.65 bits per heavy atom. The van der Waals surface area contributed by atoms with Crippen molar-refractivity contribution in [3.05, 3.63) is 28.8 Å². The molecule has 0 aliphatic rings. The molecule has 3 nitrogen and oxygen atoms in total. The summed E-state index contributed by atoms with van der Waals surface area (Å²) in [4.78, 5) is 11.0. The second-order valence-electron chi connectivity index (χ2n) is 4.01. The summed E-state index contributed by atoms with van der Waals surface area (Å²) in [6.07, 6.45) is -0.848. The fourth-order valence-corrected chi connectivity index (χ4v) is 2.15. The van der Waals surface area contributed by atoms with Crippen LogP contribution in [0, 0.1) is 5.92 Å². The van der Waals surface area contributed by atoms with Gasteiger partial charge in [-0.1, -0.05) is 41.4 Å². The highest BCUT2D eigenvalue weighted by Gasteiger charge is 2.23. The number of alkyl halides is 1. The molecule has 0 aromatic heterocycles. The average Bonchev–Trinajstić information content (AvgIpc) is 2.26. The lowest BCUT2D eigenvalue weighted by atomic mass is 10.1. The first-order valence-electron chi connectivity index (χ1n) is 5.19. The molecule has 0 heterocycles. The number of hydrogen-bond donors (Lipinski definition) is 1. The number of benzene rings is 1. The predicted molar refractivity (Wildman–Crippen MR) is 71.0 cm³/mol. The summed E-state index contributed by atoms with van der Waals surface area (Å²) >= 11 is 9.27. The van der Waals surface area contributed by atoms with Crippen LogP contribution in [0.5, 0.6) is 5.75 Å². The monoisotopic (exact) mass is 320 g/mol. The Morgan fingerprint density at radius 1 is 1.53 bits per heavy atom. The van der Waals surface area contributed by atoms with E-state index in [4.69, 9.17) is 21.4 Å². The van der Waals surface area contributed by atoms with E-state index in [9.17, 15) is 4.79 Å². The Hall–Kier alpha value is -0.740. The molecule has 0 radical (unpaired) electrons. The van der Waals surface area contributed by atoms with Crippen LogP contribution >= 0.6 is 27.5 Å². The van der Waals surface area contributed by atoms with E-state index in [1.54, 1.807) is 32.0 Å². The van der Waals surface area contributed by atoms with Crippen LogP contribution in [0.15, 0.2) is 18.2 Å². The summed E-state index contributed by atoms with van der Waals surface area (Å²) in [7, 11) is 0. The maximum atomic E-state index is 11.0. The van der Waals surface area contributed by atoms with Crippen molar-refractivity contribution in [3.63, 3.8) is 0 Å². The maximum absolute atomic E-state index is 11.0. The van der Waals surface area contributed by atoms with E-state index in [1.165, 1.54) is 0 Å². The van der Waals surface area contributed by atoms with Gasteiger partial charge >= 0.3 is 5.97 Å². The van der Waals surface area contributed by atoms with E-state index < -0.39 is 12.1 Å². The minimum atomic E-state index is -0.963. The van der Waals surface area contributed by atoms with E-state index in [2.05, 4.69) is 15.9 Å². The van der Waals surface area contributed by atoms with Crippen LogP contribution in [0.3, 0.4) is 0 Å². The van der Waals surface area contributed by atoms with Crippen molar-refractivity contribution >= 4 is 33.5 Å². The first-order chi connectivity index (χ1) is 7.95. The molecule has 0 spiro atoms. The predicted octanol–water partition coefficient (Wildman–Crippen LogP) is 3.72. The summed E-state index contributed by atoms with van der Waals surface area (Å²) in [6, 6.07) is 5.12. The van der Waals surface area contributed by atoms with Gasteiger partial charge in [0, 0.05) is 16.3 Å². The van der Waals surface area contributed by atoms with E-state index in [0.717, 1.165) is 5.56 Å². The molecule has 1 N–H and O–H groups in total. The van der Waals surface area contributed by atoms with Gasteiger partial charge in [0.25, 0.3) is 0 Å². The average molecular weight is 322 g/mol. The van der Waals surface area contributed by atoms with Crippen LogP contribution in [0.25, 0.3) is 0 Å². The van der Waals surface area contributed by atoms with Gasteiger partial charge in [-0.15, -0.1) is 0 Å². The Bertz CT molecular complexity index is 407. The molecule has 5 heteroatoms. The minimum Gasteiger partial charge on any atom is -0.478 e. The zero-order valence-corrected chi connectivity index (χ0v) is 12.0. The summed E-state index contributed by atoms with van der Waals surface area (Å²) in [5.74, 6) is -0.545. The molecular formula is C12H14BrClO3. The van der Waals surface area contributed by atoms with Crippen LogP contribution in [-0.2, 0) is 10.1 Å². The minimum absolute atomic E-state index is 0.101. The highest BCUT2D eigenvalue weighted by atomic mass is 79.9. The highest BCUT2D eigenvalue weighted by Crippen LogP contribution is 2.25. The molecular weight excluding hydrogens is 307 g/mol. The van der Waals surface area contributed by atoms with Crippen LogP contribution in [-0.4, -0.2) is 17.2 Å². The zero-order valence-electron chi connectivity index (χ0n) is 9.61. The van der Waals surface area contributed by atoms with Gasteiger partial charge in [-0.05, 0) is 23.8 Å². The third kappa shape index (κ3) is 3.89. The van der Waals surface area contributed by atoms with Gasteiger partial charge in [0.05, 0.1) is 0 Å². The summed E-state index contributed by atoms with van der Waals surface area (Å²) in [6.45, 7) is 3.61. The van der Waals surface area contributed by atoms with E-state index >= 15 is 0 Å². The molecule has 1 aromatic carbocycles. The number of rotatable bonds is 5. The van der Waals surface area contributed by atoms with E-state index in [0.29, 0.717) is 16.1 Å². The lowest BCUT2D eigenvalue weighted by Gasteiger charge is -2.18. The molecule has 0 fully saturated rings. The Labute approximate surface area is 114 Å². The third-order valence-corrected chi connectivity index (χ3v) is 3.25. The van der Waals surface area contributed by atoms with Crippen LogP contribution in [0.4, 0.5) is 0 Å². The van der Waals surface area contributed by atoms with Gasteiger partial charge in [0.15, 0.2) is 6.10 Å². The number of halogens is 2. The van der Waals surface area contributed by atoms with Gasteiger partial charge in [-0.25, -0.2) is 4.79 Å². The standard InChI is InChI=1S/C12H14BrClO3/c1-7(2)11(12(15)16)17-9-3-4-10(14)8(5-9)6-13/h3-5,7,11H,6H2,1-2H3,(H,15,16)/t11-/m1/s1. The zero-order chi connectivity index (χ0) is 13.0. The molecule has 1 aromatic rings. The maximum Gasteiger partial charge on any atom is 0.345 e. The Balaban J connectivity index is 2.90. The number of hydrogen-bond acceptors (Lipinski definition) is 2. The summed E-state index contributed by atoms with van der Waals surface area (Å²) in [5.41, 5.74) is 0.872. The van der Waals surface area contributed by atoms with Crippen molar-refractivity contribution in [1.29, 1.82) is 0 Å².